The molecule has 2 heterocycles. The number of ether oxygens (including phenoxy) is 1. The maximum absolute atomic E-state index is 5.47. The lowest BCUT2D eigenvalue weighted by Crippen LogP contribution is -2.19. The van der Waals surface area contributed by atoms with E-state index in [2.05, 4.69) is 15.5 Å². The zero-order chi connectivity index (χ0) is 11.2. The van der Waals surface area contributed by atoms with Crippen molar-refractivity contribution in [3.8, 4) is 0 Å². The molecule has 0 amide bonds. The van der Waals surface area contributed by atoms with Gasteiger partial charge in [-0.3, -0.25) is 0 Å². The van der Waals surface area contributed by atoms with Gasteiger partial charge in [-0.15, -0.1) is 5.10 Å². The van der Waals surface area contributed by atoms with Crippen LogP contribution in [0.1, 0.15) is 37.4 Å². The van der Waals surface area contributed by atoms with Crippen LogP contribution in [0.15, 0.2) is 0 Å². The molecule has 0 aliphatic carbocycles. The Hall–Kier alpha value is -1.01. The molecule has 16 heavy (non-hydrogen) atoms. The van der Waals surface area contributed by atoms with E-state index in [4.69, 9.17) is 10.5 Å². The van der Waals surface area contributed by atoms with Crippen molar-refractivity contribution >= 4 is 0 Å². The lowest BCUT2D eigenvalue weighted by Gasteiger charge is -2.20. The second kappa shape index (κ2) is 5.91. The topological polar surface area (TPSA) is 78.9 Å². The van der Waals surface area contributed by atoms with Crippen LogP contribution in [0.3, 0.4) is 0 Å². The molecule has 0 aromatic carbocycles. The van der Waals surface area contributed by atoms with E-state index in [-0.39, 0.29) is 0 Å². The average molecular weight is 225 g/mol. The van der Waals surface area contributed by atoms with E-state index in [1.54, 1.807) is 0 Å². The van der Waals surface area contributed by atoms with Crippen molar-refractivity contribution in [3.05, 3.63) is 5.82 Å². The van der Waals surface area contributed by atoms with Gasteiger partial charge in [0.2, 0.25) is 0 Å². The van der Waals surface area contributed by atoms with Crippen molar-refractivity contribution in [2.75, 3.05) is 19.8 Å². The summed E-state index contributed by atoms with van der Waals surface area (Å²) in [6, 6.07) is 0. The molecule has 0 unspecified atom stereocenters. The van der Waals surface area contributed by atoms with E-state index < -0.39 is 0 Å². The fourth-order valence-electron chi connectivity index (χ4n) is 2.02. The molecule has 0 atom stereocenters. The van der Waals surface area contributed by atoms with E-state index in [9.17, 15) is 0 Å². The van der Waals surface area contributed by atoms with Gasteiger partial charge in [-0.1, -0.05) is 0 Å². The van der Waals surface area contributed by atoms with Crippen LogP contribution in [0.4, 0.5) is 0 Å². The summed E-state index contributed by atoms with van der Waals surface area (Å²) in [4.78, 5) is 0. The van der Waals surface area contributed by atoms with Crippen LogP contribution in [0.5, 0.6) is 0 Å². The van der Waals surface area contributed by atoms with Crippen LogP contribution < -0.4 is 5.73 Å². The predicted octanol–water partition coefficient (Wildman–Crippen LogP) is 0.306. The lowest BCUT2D eigenvalue weighted by molar-refractivity contribution is 0.0825. The molecule has 1 aromatic rings. The molecule has 2 rings (SSSR count). The molecule has 0 radical (unpaired) electrons. The summed E-state index contributed by atoms with van der Waals surface area (Å²) in [5.41, 5.74) is 5.47. The highest BCUT2D eigenvalue weighted by atomic mass is 16.5. The zero-order valence-corrected chi connectivity index (χ0v) is 9.51. The third-order valence-electron chi connectivity index (χ3n) is 2.97. The van der Waals surface area contributed by atoms with Crippen molar-refractivity contribution in [1.82, 2.24) is 20.2 Å². The Bertz CT molecular complexity index is 308. The Balaban J connectivity index is 1.94. The van der Waals surface area contributed by atoms with Gasteiger partial charge in [0.05, 0.1) is 0 Å². The molecule has 0 saturated carbocycles. The number of rotatable bonds is 5. The number of unbranched alkanes of at least 4 members (excludes halogenated alkanes) is 1. The monoisotopic (exact) mass is 225 g/mol. The summed E-state index contributed by atoms with van der Waals surface area (Å²) in [7, 11) is 0. The van der Waals surface area contributed by atoms with Gasteiger partial charge in [0.25, 0.3) is 0 Å². The first kappa shape index (κ1) is 11.5. The molecular formula is C10H19N5O. The SMILES string of the molecule is NCCCCn1nnnc1C1CCOCC1. The minimum atomic E-state index is 0.460. The van der Waals surface area contributed by atoms with Gasteiger partial charge in [0, 0.05) is 25.7 Å². The Labute approximate surface area is 95.1 Å². The number of aryl methyl sites for hydroxylation is 1. The predicted molar refractivity (Wildman–Crippen MR) is 58.9 cm³/mol. The Morgan fingerprint density at radius 2 is 2.12 bits per heavy atom. The average Bonchev–Trinajstić information content (AvgIpc) is 2.79. The molecule has 0 spiro atoms. The van der Waals surface area contributed by atoms with E-state index in [0.717, 1.165) is 57.8 Å². The first-order valence-corrected chi connectivity index (χ1v) is 5.95. The van der Waals surface area contributed by atoms with Gasteiger partial charge in [0.15, 0.2) is 5.82 Å². The molecular weight excluding hydrogens is 206 g/mol. The zero-order valence-electron chi connectivity index (χ0n) is 9.51. The molecule has 6 nitrogen and oxygen atoms in total. The number of nitrogens with two attached hydrogens (primary N) is 1. The fourth-order valence-corrected chi connectivity index (χ4v) is 2.02. The summed E-state index contributed by atoms with van der Waals surface area (Å²) in [5.74, 6) is 1.47. The van der Waals surface area contributed by atoms with Crippen molar-refractivity contribution in [1.29, 1.82) is 0 Å². The Morgan fingerprint density at radius 1 is 1.31 bits per heavy atom. The molecule has 90 valence electrons. The third kappa shape index (κ3) is 2.76. The maximum atomic E-state index is 5.47. The van der Waals surface area contributed by atoms with Crippen molar-refractivity contribution < 1.29 is 4.74 Å². The second-order valence-electron chi connectivity index (χ2n) is 4.14. The van der Waals surface area contributed by atoms with Crippen LogP contribution in [-0.2, 0) is 11.3 Å². The Morgan fingerprint density at radius 3 is 2.88 bits per heavy atom. The molecule has 6 heteroatoms. The summed E-state index contributed by atoms with van der Waals surface area (Å²) in [6.45, 7) is 3.24. The molecule has 1 aliphatic heterocycles. The quantitative estimate of drug-likeness (QED) is 0.729. The summed E-state index contributed by atoms with van der Waals surface area (Å²) >= 11 is 0. The van der Waals surface area contributed by atoms with Crippen LogP contribution in [0.2, 0.25) is 0 Å². The molecule has 2 N–H and O–H groups in total. The number of hydrogen-bond donors (Lipinski definition) is 1. The normalized spacial score (nSPS) is 17.8. The number of aromatic nitrogens is 4. The van der Waals surface area contributed by atoms with Crippen LogP contribution in [0.25, 0.3) is 0 Å². The molecule has 1 saturated heterocycles. The first-order valence-electron chi connectivity index (χ1n) is 5.95. The number of nitrogens with zero attached hydrogens (tertiary/aromatic N) is 4. The van der Waals surface area contributed by atoms with Gasteiger partial charge >= 0.3 is 0 Å². The van der Waals surface area contributed by atoms with Crippen molar-refractivity contribution in [2.45, 2.75) is 38.1 Å². The number of tetrazole rings is 1. The highest BCUT2D eigenvalue weighted by molar-refractivity contribution is 4.94. The molecule has 1 aliphatic rings. The molecule has 1 fully saturated rings. The van der Waals surface area contributed by atoms with Gasteiger partial charge in [-0.25, -0.2) is 4.68 Å². The van der Waals surface area contributed by atoms with Gasteiger partial charge < -0.3 is 10.5 Å². The third-order valence-corrected chi connectivity index (χ3v) is 2.97. The standard InChI is InChI=1S/C10H19N5O/c11-5-1-2-6-15-10(12-13-14-15)9-3-7-16-8-4-9/h9H,1-8,11H2. The maximum Gasteiger partial charge on any atom is 0.154 e. The van der Waals surface area contributed by atoms with Crippen molar-refractivity contribution in [2.24, 2.45) is 5.73 Å². The van der Waals surface area contributed by atoms with E-state index in [0.29, 0.717) is 5.92 Å². The summed E-state index contributed by atoms with van der Waals surface area (Å²) in [6.07, 6.45) is 4.11. The van der Waals surface area contributed by atoms with Gasteiger partial charge in [-0.2, -0.15) is 0 Å². The largest absolute Gasteiger partial charge is 0.381 e. The van der Waals surface area contributed by atoms with E-state index in [1.807, 2.05) is 4.68 Å². The minimum Gasteiger partial charge on any atom is -0.381 e. The summed E-state index contributed by atoms with van der Waals surface area (Å²) in [5, 5.41) is 11.9. The lowest BCUT2D eigenvalue weighted by atomic mass is 9.99. The summed E-state index contributed by atoms with van der Waals surface area (Å²) < 4.78 is 7.26. The smallest absolute Gasteiger partial charge is 0.154 e. The highest BCUT2D eigenvalue weighted by Gasteiger charge is 2.21. The first-order chi connectivity index (χ1) is 7.92. The Kier molecular flexibility index (Phi) is 4.24. The van der Waals surface area contributed by atoms with Crippen LogP contribution >= 0.6 is 0 Å². The second-order valence-corrected chi connectivity index (χ2v) is 4.14. The highest BCUT2D eigenvalue weighted by Crippen LogP contribution is 2.24. The molecule has 1 aromatic heterocycles. The number of hydrogen-bond acceptors (Lipinski definition) is 5. The minimum absolute atomic E-state index is 0.460. The van der Waals surface area contributed by atoms with Gasteiger partial charge in [-0.05, 0) is 42.7 Å². The molecule has 0 bridgehead atoms. The van der Waals surface area contributed by atoms with Gasteiger partial charge in [0.1, 0.15) is 0 Å². The van der Waals surface area contributed by atoms with Crippen molar-refractivity contribution in [3.63, 3.8) is 0 Å². The fraction of sp³-hybridized carbons (Fsp3) is 0.900. The van der Waals surface area contributed by atoms with Crippen LogP contribution in [-0.4, -0.2) is 40.0 Å². The van der Waals surface area contributed by atoms with Crippen LogP contribution in [0, 0.1) is 0 Å². The van der Waals surface area contributed by atoms with E-state index >= 15 is 0 Å². The van der Waals surface area contributed by atoms with E-state index in [1.165, 1.54) is 0 Å².